The highest BCUT2D eigenvalue weighted by atomic mass is 35.5. The van der Waals surface area contributed by atoms with Gasteiger partial charge in [0.15, 0.2) is 0 Å². The quantitative estimate of drug-likeness (QED) is 0.889. The monoisotopic (exact) mass is 361 g/mol. The van der Waals surface area contributed by atoms with Gasteiger partial charge in [-0.1, -0.05) is 24.4 Å². The minimum absolute atomic E-state index is 0.198. The average Bonchev–Trinajstić information content (AvgIpc) is 2.82. The van der Waals surface area contributed by atoms with E-state index in [1.165, 1.54) is 25.7 Å². The second kappa shape index (κ2) is 8.45. The molecule has 0 saturated carbocycles. The third kappa shape index (κ3) is 4.80. The van der Waals surface area contributed by atoms with Crippen LogP contribution in [0.1, 0.15) is 42.1 Å². The van der Waals surface area contributed by atoms with Gasteiger partial charge in [0.25, 0.3) is 5.91 Å². The third-order valence-corrected chi connectivity index (χ3v) is 4.71. The van der Waals surface area contributed by atoms with Crippen molar-refractivity contribution >= 4 is 17.5 Å². The van der Waals surface area contributed by atoms with Gasteiger partial charge in [-0.15, -0.1) is 5.10 Å². The molecule has 3 rings (SSSR count). The van der Waals surface area contributed by atoms with Crippen molar-refractivity contribution < 1.29 is 4.79 Å². The van der Waals surface area contributed by atoms with Crippen LogP contribution in [-0.4, -0.2) is 51.8 Å². The molecule has 6 nitrogen and oxygen atoms in total. The molecule has 0 spiro atoms. The van der Waals surface area contributed by atoms with Gasteiger partial charge in [-0.05, 0) is 57.1 Å². The van der Waals surface area contributed by atoms with Crippen molar-refractivity contribution in [2.24, 2.45) is 0 Å². The molecule has 1 aromatic heterocycles. The number of rotatable bonds is 5. The number of hydrogen-bond acceptors (Lipinski definition) is 4. The van der Waals surface area contributed by atoms with Crippen LogP contribution < -0.4 is 5.32 Å². The molecule has 0 bridgehead atoms. The average molecular weight is 362 g/mol. The van der Waals surface area contributed by atoms with Gasteiger partial charge in [0.05, 0.1) is 5.69 Å². The van der Waals surface area contributed by atoms with E-state index in [-0.39, 0.29) is 11.7 Å². The van der Waals surface area contributed by atoms with Crippen molar-refractivity contribution in [1.29, 1.82) is 0 Å². The number of benzene rings is 1. The van der Waals surface area contributed by atoms with Crippen molar-refractivity contribution in [3.05, 3.63) is 40.9 Å². The van der Waals surface area contributed by atoms with E-state index in [0.717, 1.165) is 25.3 Å². The Balaban J connectivity index is 1.57. The summed E-state index contributed by atoms with van der Waals surface area (Å²) in [5.74, 6) is 0.633. The van der Waals surface area contributed by atoms with Crippen LogP contribution in [-0.2, 0) is 0 Å². The Morgan fingerprint density at radius 3 is 2.52 bits per heavy atom. The predicted molar refractivity (Wildman–Crippen MR) is 98.3 cm³/mol. The summed E-state index contributed by atoms with van der Waals surface area (Å²) in [6.45, 7) is 5.57. The van der Waals surface area contributed by atoms with Crippen LogP contribution in [0.2, 0.25) is 5.02 Å². The van der Waals surface area contributed by atoms with Crippen LogP contribution in [0.4, 0.5) is 0 Å². The Morgan fingerprint density at radius 2 is 1.84 bits per heavy atom. The minimum Gasteiger partial charge on any atom is -0.348 e. The van der Waals surface area contributed by atoms with Crippen LogP contribution >= 0.6 is 11.6 Å². The second-order valence-electron chi connectivity index (χ2n) is 6.38. The highest BCUT2D eigenvalue weighted by molar-refractivity contribution is 6.30. The zero-order valence-corrected chi connectivity index (χ0v) is 15.3. The number of likely N-dealkylation sites (tertiary alicyclic amines) is 1. The molecule has 2 heterocycles. The number of aryl methyl sites for hydroxylation is 1. The predicted octanol–water partition coefficient (Wildman–Crippen LogP) is 2.83. The van der Waals surface area contributed by atoms with Crippen molar-refractivity contribution in [1.82, 2.24) is 25.0 Å². The lowest BCUT2D eigenvalue weighted by Gasteiger charge is -2.19. The summed E-state index contributed by atoms with van der Waals surface area (Å²) >= 11 is 5.91. The van der Waals surface area contributed by atoms with Gasteiger partial charge in [-0.25, -0.2) is 9.67 Å². The highest BCUT2D eigenvalue weighted by Gasteiger charge is 2.15. The number of carbonyl (C=O) groups is 1. The molecule has 0 radical (unpaired) electrons. The lowest BCUT2D eigenvalue weighted by molar-refractivity contribution is 0.0938. The molecule has 1 amide bonds. The molecule has 7 heteroatoms. The maximum Gasteiger partial charge on any atom is 0.291 e. The molecule has 1 aliphatic heterocycles. The largest absolute Gasteiger partial charge is 0.348 e. The maximum absolute atomic E-state index is 12.3. The number of amides is 1. The topological polar surface area (TPSA) is 63.1 Å². The molecule has 1 aromatic carbocycles. The molecule has 0 aliphatic carbocycles. The summed E-state index contributed by atoms with van der Waals surface area (Å²) in [7, 11) is 0. The molecule has 1 N–H and O–H groups in total. The minimum atomic E-state index is -0.231. The Labute approximate surface area is 153 Å². The van der Waals surface area contributed by atoms with Gasteiger partial charge in [0.1, 0.15) is 5.82 Å². The molecule has 1 saturated heterocycles. The van der Waals surface area contributed by atoms with Crippen LogP contribution in [0, 0.1) is 6.92 Å². The van der Waals surface area contributed by atoms with E-state index in [2.05, 4.69) is 20.3 Å². The number of nitrogens with one attached hydrogen (secondary N) is 1. The molecule has 134 valence electrons. The molecule has 1 fully saturated rings. The summed E-state index contributed by atoms with van der Waals surface area (Å²) in [4.78, 5) is 19.0. The Hall–Kier alpha value is -1.92. The zero-order chi connectivity index (χ0) is 17.6. The van der Waals surface area contributed by atoms with Crippen LogP contribution in [0.15, 0.2) is 24.3 Å². The van der Waals surface area contributed by atoms with E-state index in [9.17, 15) is 4.79 Å². The van der Waals surface area contributed by atoms with Crippen molar-refractivity contribution in [2.45, 2.75) is 32.6 Å². The van der Waals surface area contributed by atoms with Gasteiger partial charge in [-0.2, -0.15) is 0 Å². The first kappa shape index (κ1) is 17.9. The Morgan fingerprint density at radius 1 is 1.16 bits per heavy atom. The van der Waals surface area contributed by atoms with Crippen molar-refractivity contribution in [3.8, 4) is 5.69 Å². The van der Waals surface area contributed by atoms with Gasteiger partial charge in [0, 0.05) is 18.1 Å². The van der Waals surface area contributed by atoms with Gasteiger partial charge < -0.3 is 10.2 Å². The number of hydrogen-bond donors (Lipinski definition) is 1. The highest BCUT2D eigenvalue weighted by Crippen LogP contribution is 2.14. The fourth-order valence-corrected chi connectivity index (χ4v) is 3.21. The molecule has 25 heavy (non-hydrogen) atoms. The summed E-state index contributed by atoms with van der Waals surface area (Å²) in [6.07, 6.45) is 5.13. The van der Waals surface area contributed by atoms with E-state index in [4.69, 9.17) is 11.6 Å². The number of aromatic nitrogens is 3. The first-order valence-electron chi connectivity index (χ1n) is 8.83. The Kier molecular flexibility index (Phi) is 6.04. The fourth-order valence-electron chi connectivity index (χ4n) is 3.08. The fraction of sp³-hybridized carbons (Fsp3) is 0.500. The lowest BCUT2D eigenvalue weighted by atomic mass is 10.2. The van der Waals surface area contributed by atoms with E-state index in [1.807, 2.05) is 19.1 Å². The van der Waals surface area contributed by atoms with E-state index < -0.39 is 0 Å². The number of nitrogens with zero attached hydrogens (tertiary/aromatic N) is 4. The molecule has 0 unspecified atom stereocenters. The smallest absolute Gasteiger partial charge is 0.291 e. The maximum atomic E-state index is 12.3. The van der Waals surface area contributed by atoms with Gasteiger partial charge in [-0.3, -0.25) is 4.79 Å². The zero-order valence-electron chi connectivity index (χ0n) is 14.5. The molecule has 2 aromatic rings. The van der Waals surface area contributed by atoms with E-state index in [0.29, 0.717) is 17.4 Å². The van der Waals surface area contributed by atoms with Crippen LogP contribution in [0.25, 0.3) is 5.69 Å². The molecular formula is C18H24ClN5O. The molecular weight excluding hydrogens is 338 g/mol. The van der Waals surface area contributed by atoms with Crippen molar-refractivity contribution in [2.75, 3.05) is 26.2 Å². The molecule has 1 aliphatic rings. The standard InChI is InChI=1S/C18H24ClN5O/c1-14-21-17(22-24(14)16-8-6-15(19)7-9-16)18(25)20-10-13-23-11-4-2-3-5-12-23/h6-9H,2-5,10-13H2,1H3,(H,20,25). The SMILES string of the molecule is Cc1nc(C(=O)NCCN2CCCCCC2)nn1-c1ccc(Cl)cc1. The Bertz CT molecular complexity index is 705. The van der Waals surface area contributed by atoms with E-state index >= 15 is 0 Å². The van der Waals surface area contributed by atoms with Crippen molar-refractivity contribution in [3.63, 3.8) is 0 Å². The number of halogens is 1. The summed E-state index contributed by atoms with van der Waals surface area (Å²) in [5.41, 5.74) is 0.831. The summed E-state index contributed by atoms with van der Waals surface area (Å²) in [6, 6.07) is 7.29. The second-order valence-corrected chi connectivity index (χ2v) is 6.82. The van der Waals surface area contributed by atoms with Crippen LogP contribution in [0.3, 0.4) is 0 Å². The van der Waals surface area contributed by atoms with Gasteiger partial charge in [0.2, 0.25) is 5.82 Å². The number of carbonyl (C=O) groups excluding carboxylic acids is 1. The first-order chi connectivity index (χ1) is 12.1. The summed E-state index contributed by atoms with van der Waals surface area (Å²) < 4.78 is 1.65. The van der Waals surface area contributed by atoms with E-state index in [1.54, 1.807) is 16.8 Å². The molecule has 0 atom stereocenters. The lowest BCUT2D eigenvalue weighted by Crippen LogP contribution is -2.35. The first-order valence-corrected chi connectivity index (χ1v) is 9.21. The normalized spacial score (nSPS) is 15.8. The van der Waals surface area contributed by atoms with Gasteiger partial charge >= 0.3 is 0 Å². The third-order valence-electron chi connectivity index (χ3n) is 4.46. The summed E-state index contributed by atoms with van der Waals surface area (Å²) in [5, 5.41) is 7.91. The van der Waals surface area contributed by atoms with Crippen LogP contribution in [0.5, 0.6) is 0 Å².